The zero-order chi connectivity index (χ0) is 21.4. The number of fused-ring (bicyclic) bond motifs is 2. The highest BCUT2D eigenvalue weighted by Crippen LogP contribution is 2.35. The van der Waals surface area contributed by atoms with Crippen LogP contribution in [0.15, 0.2) is 52.6 Å². The van der Waals surface area contributed by atoms with Crippen molar-refractivity contribution in [3.8, 4) is 22.8 Å². The Labute approximate surface area is 181 Å². The van der Waals surface area contributed by atoms with Gasteiger partial charge in [-0.15, -0.1) is 11.3 Å². The van der Waals surface area contributed by atoms with E-state index in [1.54, 1.807) is 24.3 Å². The third kappa shape index (κ3) is 3.53. The molecular weight excluding hydrogens is 416 g/mol. The van der Waals surface area contributed by atoms with E-state index < -0.39 is 5.91 Å². The molecule has 2 aromatic heterocycles. The first kappa shape index (κ1) is 19.3. The predicted molar refractivity (Wildman–Crippen MR) is 118 cm³/mol. The highest BCUT2D eigenvalue weighted by atomic mass is 32.1. The van der Waals surface area contributed by atoms with Crippen LogP contribution >= 0.6 is 11.3 Å². The van der Waals surface area contributed by atoms with Crippen molar-refractivity contribution in [3.63, 3.8) is 0 Å². The molecule has 0 aliphatic carbocycles. The number of benzene rings is 2. The molecule has 1 N–H and O–H groups in total. The number of aromatic nitrogens is 3. The maximum Gasteiger partial charge on any atom is 0.278 e. The lowest BCUT2D eigenvalue weighted by Gasteiger charge is -2.18. The fourth-order valence-electron chi connectivity index (χ4n) is 3.44. The lowest BCUT2D eigenvalue weighted by Crippen LogP contribution is -2.27. The summed E-state index contributed by atoms with van der Waals surface area (Å²) in [6.07, 6.45) is 0. The number of hydrogen-bond donors (Lipinski definition) is 1. The van der Waals surface area contributed by atoms with Crippen LogP contribution in [0, 0.1) is 0 Å². The molecular formula is C22H18N4O4S. The van der Waals surface area contributed by atoms with Crippen LogP contribution in [-0.2, 0) is 6.54 Å². The summed E-state index contributed by atoms with van der Waals surface area (Å²) in [7, 11) is 0. The highest BCUT2D eigenvalue weighted by Gasteiger charge is 2.18. The van der Waals surface area contributed by atoms with Crippen LogP contribution in [0.25, 0.3) is 22.0 Å². The van der Waals surface area contributed by atoms with Gasteiger partial charge in [-0.1, -0.05) is 18.2 Å². The summed E-state index contributed by atoms with van der Waals surface area (Å²) in [5, 5.41) is 10.3. The quantitative estimate of drug-likeness (QED) is 0.528. The van der Waals surface area contributed by atoms with Crippen molar-refractivity contribution in [3.05, 3.63) is 63.9 Å². The minimum absolute atomic E-state index is 0.188. The van der Waals surface area contributed by atoms with E-state index in [0.717, 1.165) is 5.56 Å². The summed E-state index contributed by atoms with van der Waals surface area (Å²) in [6, 6.07) is 12.6. The molecule has 4 aromatic rings. The standard InChI is InChI=1S/C22H18N4O4S/c1-2-26-21(28)15-6-4-3-5-14(15)19(25-26)20(27)24-22-23-16(12-31-22)13-7-8-17-18(11-13)30-10-9-29-17/h3-8,11-12H,2,9-10H2,1H3,(H,23,24,27). The molecule has 31 heavy (non-hydrogen) atoms. The Hall–Kier alpha value is -3.72. The van der Waals surface area contributed by atoms with Crippen LogP contribution in [0.2, 0.25) is 0 Å². The van der Waals surface area contributed by atoms with Gasteiger partial charge in [-0.2, -0.15) is 5.10 Å². The van der Waals surface area contributed by atoms with Gasteiger partial charge in [0, 0.05) is 22.9 Å². The molecule has 0 unspecified atom stereocenters. The summed E-state index contributed by atoms with van der Waals surface area (Å²) in [6.45, 7) is 3.23. The van der Waals surface area contributed by atoms with E-state index in [1.165, 1.54) is 16.0 Å². The Morgan fingerprint density at radius 3 is 2.71 bits per heavy atom. The fraction of sp³-hybridized carbons (Fsp3) is 0.182. The molecule has 0 bridgehead atoms. The number of amides is 1. The van der Waals surface area contributed by atoms with Gasteiger partial charge >= 0.3 is 0 Å². The summed E-state index contributed by atoms with van der Waals surface area (Å²) in [4.78, 5) is 30.0. The molecule has 1 aliphatic rings. The number of rotatable bonds is 4. The number of carbonyl (C=O) groups excluding carboxylic acids is 1. The molecule has 0 spiro atoms. The molecule has 9 heteroatoms. The van der Waals surface area contributed by atoms with Gasteiger partial charge in [0.25, 0.3) is 11.5 Å². The Morgan fingerprint density at radius 2 is 1.90 bits per heavy atom. The first-order valence-corrected chi connectivity index (χ1v) is 10.7. The molecule has 2 aromatic carbocycles. The largest absolute Gasteiger partial charge is 0.486 e. The van der Waals surface area contributed by atoms with E-state index in [9.17, 15) is 9.59 Å². The number of nitrogens with zero attached hydrogens (tertiary/aromatic N) is 3. The van der Waals surface area contributed by atoms with Crippen LogP contribution in [-0.4, -0.2) is 33.9 Å². The van der Waals surface area contributed by atoms with Crippen LogP contribution in [0.1, 0.15) is 17.4 Å². The van der Waals surface area contributed by atoms with E-state index in [-0.39, 0.29) is 11.3 Å². The maximum absolute atomic E-state index is 13.0. The van der Waals surface area contributed by atoms with E-state index in [1.807, 2.05) is 30.5 Å². The van der Waals surface area contributed by atoms with Crippen LogP contribution < -0.4 is 20.3 Å². The summed E-state index contributed by atoms with van der Waals surface area (Å²) in [5.74, 6) is 0.976. The van der Waals surface area contributed by atoms with Gasteiger partial charge in [-0.05, 0) is 31.2 Å². The molecule has 3 heterocycles. The Kier molecular flexibility index (Phi) is 4.87. The zero-order valence-corrected chi connectivity index (χ0v) is 17.4. The molecule has 5 rings (SSSR count). The number of thiazole rings is 1. The van der Waals surface area contributed by atoms with Crippen LogP contribution in [0.5, 0.6) is 11.5 Å². The van der Waals surface area contributed by atoms with Crippen LogP contribution in [0.4, 0.5) is 5.13 Å². The monoisotopic (exact) mass is 434 g/mol. The number of nitrogens with one attached hydrogen (secondary N) is 1. The van der Waals surface area contributed by atoms with Gasteiger partial charge in [0.1, 0.15) is 13.2 Å². The molecule has 0 radical (unpaired) electrons. The van der Waals surface area contributed by atoms with Crippen molar-refractivity contribution in [1.29, 1.82) is 0 Å². The van der Waals surface area contributed by atoms with E-state index in [0.29, 0.717) is 52.9 Å². The second-order valence-corrected chi connectivity index (χ2v) is 7.72. The number of aryl methyl sites for hydroxylation is 1. The number of hydrogen-bond acceptors (Lipinski definition) is 7. The van der Waals surface area contributed by atoms with Crippen molar-refractivity contribution < 1.29 is 14.3 Å². The number of carbonyl (C=O) groups is 1. The Morgan fingerprint density at radius 1 is 1.13 bits per heavy atom. The Bertz CT molecular complexity index is 1360. The molecule has 0 saturated carbocycles. The minimum atomic E-state index is -0.415. The summed E-state index contributed by atoms with van der Waals surface area (Å²) < 4.78 is 12.5. The molecule has 0 atom stereocenters. The molecule has 156 valence electrons. The molecule has 1 aliphatic heterocycles. The van der Waals surface area contributed by atoms with Gasteiger partial charge in [0.05, 0.1) is 11.1 Å². The Balaban J connectivity index is 1.44. The first-order valence-electron chi connectivity index (χ1n) is 9.81. The van der Waals surface area contributed by atoms with Crippen molar-refractivity contribution in [1.82, 2.24) is 14.8 Å². The molecule has 1 amide bonds. The third-order valence-electron chi connectivity index (χ3n) is 4.94. The van der Waals surface area contributed by atoms with Crippen molar-refractivity contribution in [2.75, 3.05) is 18.5 Å². The molecule has 0 fully saturated rings. The average molecular weight is 434 g/mol. The van der Waals surface area contributed by atoms with Gasteiger partial charge < -0.3 is 9.47 Å². The predicted octanol–water partition coefficient (Wildman–Crippen LogP) is 3.56. The zero-order valence-electron chi connectivity index (χ0n) is 16.6. The van der Waals surface area contributed by atoms with Crippen molar-refractivity contribution >= 4 is 33.1 Å². The second kappa shape index (κ2) is 7.84. The van der Waals surface area contributed by atoms with Gasteiger partial charge in [0.15, 0.2) is 22.3 Å². The van der Waals surface area contributed by atoms with E-state index in [4.69, 9.17) is 9.47 Å². The third-order valence-corrected chi connectivity index (χ3v) is 5.70. The van der Waals surface area contributed by atoms with Gasteiger partial charge in [0.2, 0.25) is 0 Å². The van der Waals surface area contributed by atoms with Crippen molar-refractivity contribution in [2.24, 2.45) is 0 Å². The van der Waals surface area contributed by atoms with E-state index in [2.05, 4.69) is 15.4 Å². The fourth-order valence-corrected chi connectivity index (χ4v) is 4.15. The van der Waals surface area contributed by atoms with Gasteiger partial charge in [-0.3, -0.25) is 14.9 Å². The van der Waals surface area contributed by atoms with Gasteiger partial charge in [-0.25, -0.2) is 9.67 Å². The second-order valence-electron chi connectivity index (χ2n) is 6.87. The first-order chi connectivity index (χ1) is 15.1. The van der Waals surface area contributed by atoms with Crippen molar-refractivity contribution in [2.45, 2.75) is 13.5 Å². The minimum Gasteiger partial charge on any atom is -0.486 e. The maximum atomic E-state index is 13.0. The normalized spacial score (nSPS) is 12.7. The molecule has 0 saturated heterocycles. The summed E-state index contributed by atoms with van der Waals surface area (Å²) in [5.41, 5.74) is 1.55. The molecule has 8 nitrogen and oxygen atoms in total. The van der Waals surface area contributed by atoms with Crippen LogP contribution in [0.3, 0.4) is 0 Å². The SMILES string of the molecule is CCn1nc(C(=O)Nc2nc(-c3ccc4c(c3)OCCO4)cs2)c2ccccc2c1=O. The summed E-state index contributed by atoms with van der Waals surface area (Å²) >= 11 is 1.31. The highest BCUT2D eigenvalue weighted by molar-refractivity contribution is 7.14. The smallest absolute Gasteiger partial charge is 0.278 e. The van der Waals surface area contributed by atoms with E-state index >= 15 is 0 Å². The number of anilines is 1. The lowest BCUT2D eigenvalue weighted by atomic mass is 10.1. The average Bonchev–Trinajstić information content (AvgIpc) is 3.27. The topological polar surface area (TPSA) is 95.3 Å². The lowest BCUT2D eigenvalue weighted by molar-refractivity contribution is 0.102. The number of ether oxygens (including phenoxy) is 2.